The van der Waals surface area contributed by atoms with E-state index in [0.29, 0.717) is 6.04 Å². The molecule has 1 aliphatic carbocycles. The number of nitrogens with zero attached hydrogens (tertiary/aromatic N) is 1. The first-order valence-corrected chi connectivity index (χ1v) is 6.34. The first-order chi connectivity index (χ1) is 7.12. The van der Waals surface area contributed by atoms with E-state index in [1.165, 1.54) is 38.6 Å². The minimum Gasteiger partial charge on any atom is -0.303 e. The Labute approximate surface area is 93.0 Å². The average Bonchev–Trinajstić information content (AvgIpc) is 2.98. The van der Waals surface area contributed by atoms with Crippen LogP contribution in [0.25, 0.3) is 0 Å². The van der Waals surface area contributed by atoms with E-state index < -0.39 is 0 Å². The van der Waals surface area contributed by atoms with Crippen molar-refractivity contribution < 1.29 is 4.79 Å². The summed E-state index contributed by atoms with van der Waals surface area (Å²) >= 11 is 0. The van der Waals surface area contributed by atoms with Crippen LogP contribution in [0.3, 0.4) is 0 Å². The molecule has 2 nitrogen and oxygen atoms in total. The maximum absolute atomic E-state index is 10.9. The van der Waals surface area contributed by atoms with Gasteiger partial charge in [0.15, 0.2) is 0 Å². The van der Waals surface area contributed by atoms with Gasteiger partial charge < -0.3 is 4.79 Å². The quantitative estimate of drug-likeness (QED) is 0.524. The van der Waals surface area contributed by atoms with Crippen LogP contribution in [0.4, 0.5) is 0 Å². The zero-order valence-corrected chi connectivity index (χ0v) is 10.0. The molecule has 2 aliphatic rings. The average molecular weight is 209 g/mol. The molecule has 1 saturated heterocycles. The zero-order valence-electron chi connectivity index (χ0n) is 10.0. The molecule has 2 rings (SSSR count). The van der Waals surface area contributed by atoms with Gasteiger partial charge in [0.25, 0.3) is 0 Å². The predicted molar refractivity (Wildman–Crippen MR) is 61.8 cm³/mol. The number of hydrogen-bond acceptors (Lipinski definition) is 2. The van der Waals surface area contributed by atoms with E-state index in [1.54, 1.807) is 0 Å². The molecule has 2 heteroatoms. The van der Waals surface area contributed by atoms with Crippen LogP contribution in [0, 0.1) is 5.41 Å². The molecule has 2 unspecified atom stereocenters. The Kier molecular flexibility index (Phi) is 3.15. The van der Waals surface area contributed by atoms with Crippen molar-refractivity contribution in [3.63, 3.8) is 0 Å². The molecule has 1 aliphatic heterocycles. The van der Waals surface area contributed by atoms with Crippen LogP contribution >= 0.6 is 0 Å². The van der Waals surface area contributed by atoms with Gasteiger partial charge in [-0.2, -0.15) is 0 Å². The van der Waals surface area contributed by atoms with Gasteiger partial charge in [0.05, 0.1) is 0 Å². The normalized spacial score (nSPS) is 32.7. The van der Waals surface area contributed by atoms with E-state index in [9.17, 15) is 4.79 Å². The molecule has 0 spiro atoms. The molecule has 2 fully saturated rings. The Hall–Kier alpha value is -0.370. The highest BCUT2D eigenvalue weighted by Crippen LogP contribution is 2.36. The molecule has 0 amide bonds. The molecule has 0 aromatic carbocycles. The lowest BCUT2D eigenvalue weighted by Crippen LogP contribution is -2.25. The minimum atomic E-state index is -0.117. The Morgan fingerprint density at radius 2 is 1.93 bits per heavy atom. The van der Waals surface area contributed by atoms with Gasteiger partial charge in [-0.1, -0.05) is 33.1 Å². The second-order valence-electron chi connectivity index (χ2n) is 5.95. The molecule has 2 atom stereocenters. The lowest BCUT2D eigenvalue weighted by Gasteiger charge is -2.24. The van der Waals surface area contributed by atoms with E-state index in [1.807, 2.05) is 0 Å². The molecule has 0 aromatic rings. The van der Waals surface area contributed by atoms with E-state index in [-0.39, 0.29) is 5.41 Å². The SMILES string of the molecule is CC(C)(C=O)CC1CN1C1CCCCC1. The fourth-order valence-electron chi connectivity index (χ4n) is 2.89. The first-order valence-electron chi connectivity index (χ1n) is 6.34. The summed E-state index contributed by atoms with van der Waals surface area (Å²) in [5, 5.41) is 0. The highest BCUT2D eigenvalue weighted by atomic mass is 16.1. The van der Waals surface area contributed by atoms with Crippen LogP contribution in [-0.2, 0) is 4.79 Å². The largest absolute Gasteiger partial charge is 0.303 e. The lowest BCUT2D eigenvalue weighted by atomic mass is 9.89. The van der Waals surface area contributed by atoms with Crippen molar-refractivity contribution in [2.75, 3.05) is 6.54 Å². The highest BCUT2D eigenvalue weighted by Gasteiger charge is 2.42. The minimum absolute atomic E-state index is 0.117. The molecule has 86 valence electrons. The standard InChI is InChI=1S/C13H23NO/c1-13(2,10-15)8-12-9-14(12)11-6-4-3-5-7-11/h10-12H,3-9H2,1-2H3. The first kappa shape index (κ1) is 11.1. The molecular formula is C13H23NO. The van der Waals surface area contributed by atoms with E-state index in [4.69, 9.17) is 0 Å². The van der Waals surface area contributed by atoms with Gasteiger partial charge in [0.1, 0.15) is 6.29 Å². The topological polar surface area (TPSA) is 20.1 Å². The van der Waals surface area contributed by atoms with Crippen molar-refractivity contribution in [2.24, 2.45) is 5.41 Å². The summed E-state index contributed by atoms with van der Waals surface area (Å²) in [6.07, 6.45) is 9.18. The van der Waals surface area contributed by atoms with E-state index >= 15 is 0 Å². The van der Waals surface area contributed by atoms with E-state index in [0.717, 1.165) is 18.7 Å². The third-order valence-corrected chi connectivity index (χ3v) is 3.88. The molecule has 0 bridgehead atoms. The number of rotatable bonds is 4. The number of carbonyl (C=O) groups excluding carboxylic acids is 1. The van der Waals surface area contributed by atoms with Crippen molar-refractivity contribution in [1.82, 2.24) is 4.90 Å². The van der Waals surface area contributed by atoms with Crippen LogP contribution in [0.2, 0.25) is 0 Å². The van der Waals surface area contributed by atoms with Crippen molar-refractivity contribution >= 4 is 6.29 Å². The number of aldehydes is 1. The number of carbonyl (C=O) groups is 1. The monoisotopic (exact) mass is 209 g/mol. The van der Waals surface area contributed by atoms with Gasteiger partial charge in [0.2, 0.25) is 0 Å². The fourth-order valence-corrected chi connectivity index (χ4v) is 2.89. The highest BCUT2D eigenvalue weighted by molar-refractivity contribution is 5.58. The molecule has 1 saturated carbocycles. The summed E-state index contributed by atoms with van der Waals surface area (Å²) in [6, 6.07) is 1.54. The molecular weight excluding hydrogens is 186 g/mol. The second-order valence-corrected chi connectivity index (χ2v) is 5.95. The summed E-state index contributed by atoms with van der Waals surface area (Å²) < 4.78 is 0. The van der Waals surface area contributed by atoms with Crippen molar-refractivity contribution in [3.8, 4) is 0 Å². The molecule has 1 heterocycles. The maximum Gasteiger partial charge on any atom is 0.125 e. The molecule has 15 heavy (non-hydrogen) atoms. The summed E-state index contributed by atoms with van der Waals surface area (Å²) in [7, 11) is 0. The third kappa shape index (κ3) is 2.81. The fraction of sp³-hybridized carbons (Fsp3) is 0.923. The molecule has 0 aromatic heterocycles. The summed E-state index contributed by atoms with van der Waals surface area (Å²) in [4.78, 5) is 13.5. The smallest absolute Gasteiger partial charge is 0.125 e. The Balaban J connectivity index is 1.77. The van der Waals surface area contributed by atoms with Crippen molar-refractivity contribution in [2.45, 2.75) is 64.5 Å². The summed E-state index contributed by atoms with van der Waals surface area (Å²) in [5.74, 6) is 0. The second kappa shape index (κ2) is 4.25. The van der Waals surface area contributed by atoms with E-state index in [2.05, 4.69) is 18.7 Å². The third-order valence-electron chi connectivity index (χ3n) is 3.88. The Bertz CT molecular complexity index is 231. The summed E-state index contributed by atoms with van der Waals surface area (Å²) in [5.41, 5.74) is -0.117. The van der Waals surface area contributed by atoms with Crippen LogP contribution in [0.5, 0.6) is 0 Å². The van der Waals surface area contributed by atoms with Gasteiger partial charge >= 0.3 is 0 Å². The van der Waals surface area contributed by atoms with Crippen molar-refractivity contribution in [1.29, 1.82) is 0 Å². The maximum atomic E-state index is 10.9. The molecule has 0 radical (unpaired) electrons. The molecule has 0 N–H and O–H groups in total. The predicted octanol–water partition coefficient (Wildman–Crippen LogP) is 2.62. The van der Waals surface area contributed by atoms with Gasteiger partial charge in [-0.15, -0.1) is 0 Å². The zero-order chi connectivity index (χ0) is 10.9. The van der Waals surface area contributed by atoms with Crippen molar-refractivity contribution in [3.05, 3.63) is 0 Å². The lowest BCUT2D eigenvalue weighted by molar-refractivity contribution is -0.115. The summed E-state index contributed by atoms with van der Waals surface area (Å²) in [6.45, 7) is 5.34. The van der Waals surface area contributed by atoms with Crippen LogP contribution < -0.4 is 0 Å². The van der Waals surface area contributed by atoms with Gasteiger partial charge in [0, 0.05) is 24.0 Å². The van der Waals surface area contributed by atoms with Crippen LogP contribution in [-0.4, -0.2) is 29.8 Å². The Morgan fingerprint density at radius 3 is 2.53 bits per heavy atom. The van der Waals surface area contributed by atoms with Gasteiger partial charge in [-0.3, -0.25) is 4.90 Å². The van der Waals surface area contributed by atoms with Gasteiger partial charge in [-0.05, 0) is 19.3 Å². The van der Waals surface area contributed by atoms with Gasteiger partial charge in [-0.25, -0.2) is 0 Å². The van der Waals surface area contributed by atoms with Crippen LogP contribution in [0.15, 0.2) is 0 Å². The van der Waals surface area contributed by atoms with Crippen LogP contribution in [0.1, 0.15) is 52.4 Å². The Morgan fingerprint density at radius 1 is 1.27 bits per heavy atom. The number of hydrogen-bond donors (Lipinski definition) is 0.